The SMILES string of the molecule is Cn1cc(N(C=O)c2ccccc2-c2cc(F)c(F)c(F)c2)c(C(F)(F)Cl)n1. The van der Waals surface area contributed by atoms with E-state index in [0.29, 0.717) is 0 Å². The number of hydrogen-bond acceptors (Lipinski definition) is 2. The Morgan fingerprint density at radius 2 is 1.71 bits per heavy atom. The summed E-state index contributed by atoms with van der Waals surface area (Å²) in [6, 6.07) is 7.22. The Balaban J connectivity index is 2.21. The maximum atomic E-state index is 13.7. The van der Waals surface area contributed by atoms with Crippen molar-refractivity contribution in [2.45, 2.75) is 5.38 Å². The van der Waals surface area contributed by atoms with Gasteiger partial charge in [0.25, 0.3) is 0 Å². The number of halogens is 6. The smallest absolute Gasteiger partial charge is 0.279 e. The molecular formula is C18H11ClF5N3O. The van der Waals surface area contributed by atoms with Crippen LogP contribution in [0.1, 0.15) is 5.69 Å². The van der Waals surface area contributed by atoms with E-state index in [-0.39, 0.29) is 28.9 Å². The van der Waals surface area contributed by atoms with Gasteiger partial charge in [-0.1, -0.05) is 18.2 Å². The second-order valence-corrected chi connectivity index (χ2v) is 6.26. The third-order valence-electron chi connectivity index (χ3n) is 3.90. The van der Waals surface area contributed by atoms with Crippen LogP contribution in [0.4, 0.5) is 33.3 Å². The number of amides is 1. The molecule has 0 N–H and O–H groups in total. The monoisotopic (exact) mass is 415 g/mol. The van der Waals surface area contributed by atoms with Crippen molar-refractivity contribution in [1.29, 1.82) is 0 Å². The summed E-state index contributed by atoms with van der Waals surface area (Å²) < 4.78 is 69.1. The molecule has 2 aromatic carbocycles. The maximum Gasteiger partial charge on any atom is 0.368 e. The fourth-order valence-corrected chi connectivity index (χ4v) is 2.87. The molecule has 28 heavy (non-hydrogen) atoms. The molecule has 0 fully saturated rings. The van der Waals surface area contributed by atoms with Crippen molar-refractivity contribution in [2.24, 2.45) is 7.05 Å². The van der Waals surface area contributed by atoms with Crippen LogP contribution in [0.2, 0.25) is 0 Å². The van der Waals surface area contributed by atoms with Crippen LogP contribution in [-0.2, 0) is 17.2 Å². The molecule has 0 atom stereocenters. The van der Waals surface area contributed by atoms with Crippen molar-refractivity contribution in [2.75, 3.05) is 4.90 Å². The molecule has 0 unspecified atom stereocenters. The lowest BCUT2D eigenvalue weighted by molar-refractivity contribution is -0.106. The average molecular weight is 416 g/mol. The number of rotatable bonds is 5. The van der Waals surface area contributed by atoms with Crippen molar-refractivity contribution < 1.29 is 26.7 Å². The largest absolute Gasteiger partial charge is 0.368 e. The van der Waals surface area contributed by atoms with Gasteiger partial charge in [-0.3, -0.25) is 14.4 Å². The molecule has 3 rings (SSSR count). The van der Waals surface area contributed by atoms with Gasteiger partial charge in [0.15, 0.2) is 23.1 Å². The van der Waals surface area contributed by atoms with E-state index in [9.17, 15) is 26.7 Å². The summed E-state index contributed by atoms with van der Waals surface area (Å²) in [6.07, 6.45) is 1.38. The molecule has 0 spiro atoms. The lowest BCUT2D eigenvalue weighted by Gasteiger charge is -2.21. The van der Waals surface area contributed by atoms with Gasteiger partial charge in [0.1, 0.15) is 0 Å². The van der Waals surface area contributed by atoms with Gasteiger partial charge in [-0.15, -0.1) is 0 Å². The number of hydrogen-bond donors (Lipinski definition) is 0. The summed E-state index contributed by atoms with van der Waals surface area (Å²) in [5.74, 6) is -4.52. The predicted octanol–water partition coefficient (Wildman–Crippen LogP) is 5.09. The van der Waals surface area contributed by atoms with Crippen LogP contribution in [0.3, 0.4) is 0 Å². The minimum Gasteiger partial charge on any atom is -0.279 e. The first kappa shape index (κ1) is 19.8. The number of nitrogens with zero attached hydrogens (tertiary/aromatic N) is 3. The lowest BCUT2D eigenvalue weighted by atomic mass is 10.0. The molecule has 0 aliphatic rings. The molecule has 10 heteroatoms. The number of alkyl halides is 3. The maximum absolute atomic E-state index is 13.7. The van der Waals surface area contributed by atoms with Crippen LogP contribution in [0.15, 0.2) is 42.6 Å². The average Bonchev–Trinajstić information content (AvgIpc) is 3.02. The molecule has 0 bridgehead atoms. The van der Waals surface area contributed by atoms with Crippen LogP contribution in [-0.4, -0.2) is 16.2 Å². The molecule has 0 saturated heterocycles. The Bertz CT molecular complexity index is 1020. The Morgan fingerprint density at radius 3 is 2.29 bits per heavy atom. The van der Waals surface area contributed by atoms with Crippen molar-refractivity contribution in [3.63, 3.8) is 0 Å². The number of aromatic nitrogens is 2. The first-order valence-corrected chi connectivity index (χ1v) is 8.10. The van der Waals surface area contributed by atoms with Crippen LogP contribution < -0.4 is 4.90 Å². The van der Waals surface area contributed by atoms with Crippen LogP contribution in [0.5, 0.6) is 0 Å². The Hall–Kier alpha value is -2.94. The number of aryl methyl sites for hydroxylation is 1. The molecule has 1 heterocycles. The van der Waals surface area contributed by atoms with E-state index < -0.39 is 28.5 Å². The van der Waals surface area contributed by atoms with Crippen molar-refractivity contribution in [3.05, 3.63) is 65.7 Å². The highest BCUT2D eigenvalue weighted by Crippen LogP contribution is 2.42. The molecular weight excluding hydrogens is 405 g/mol. The highest BCUT2D eigenvalue weighted by atomic mass is 35.5. The van der Waals surface area contributed by atoms with Crippen LogP contribution >= 0.6 is 11.6 Å². The van der Waals surface area contributed by atoms with Gasteiger partial charge in [0.05, 0.1) is 11.4 Å². The Labute approximate surface area is 160 Å². The van der Waals surface area contributed by atoms with E-state index >= 15 is 0 Å². The molecule has 146 valence electrons. The highest BCUT2D eigenvalue weighted by Gasteiger charge is 2.37. The predicted molar refractivity (Wildman–Crippen MR) is 92.9 cm³/mol. The molecule has 0 aliphatic carbocycles. The highest BCUT2D eigenvalue weighted by molar-refractivity contribution is 6.22. The van der Waals surface area contributed by atoms with Gasteiger partial charge >= 0.3 is 5.38 Å². The van der Waals surface area contributed by atoms with E-state index in [1.807, 2.05) is 0 Å². The van der Waals surface area contributed by atoms with Gasteiger partial charge in [-0.25, -0.2) is 13.2 Å². The van der Waals surface area contributed by atoms with Gasteiger partial charge < -0.3 is 0 Å². The molecule has 0 aliphatic heterocycles. The quantitative estimate of drug-likeness (QED) is 0.252. The second kappa shape index (κ2) is 7.23. The number of benzene rings is 2. The van der Waals surface area contributed by atoms with E-state index in [2.05, 4.69) is 5.10 Å². The fraction of sp³-hybridized carbons (Fsp3) is 0.111. The van der Waals surface area contributed by atoms with Crippen molar-refractivity contribution in [3.8, 4) is 11.1 Å². The summed E-state index contributed by atoms with van der Waals surface area (Å²) in [5.41, 5.74) is -1.19. The molecule has 3 aromatic rings. The summed E-state index contributed by atoms with van der Waals surface area (Å²) >= 11 is 5.09. The number of carbonyl (C=O) groups excluding carboxylic acids is 1. The molecule has 4 nitrogen and oxygen atoms in total. The first-order valence-electron chi connectivity index (χ1n) is 7.72. The fourth-order valence-electron chi connectivity index (χ4n) is 2.74. The first-order chi connectivity index (χ1) is 13.1. The molecule has 1 aromatic heterocycles. The molecule has 0 radical (unpaired) electrons. The van der Waals surface area contributed by atoms with E-state index in [1.165, 1.54) is 31.3 Å². The third-order valence-corrected chi connectivity index (χ3v) is 4.08. The van der Waals surface area contributed by atoms with Crippen LogP contribution in [0.25, 0.3) is 11.1 Å². The van der Waals surface area contributed by atoms with Gasteiger partial charge in [-0.05, 0) is 35.4 Å². The minimum absolute atomic E-state index is 0.0121. The normalized spacial score (nSPS) is 11.5. The van der Waals surface area contributed by atoms with E-state index in [0.717, 1.165) is 27.9 Å². The number of anilines is 2. The minimum atomic E-state index is -3.87. The van der Waals surface area contributed by atoms with Crippen LogP contribution in [0, 0.1) is 17.5 Å². The number of carbonyl (C=O) groups is 1. The standard InChI is InChI=1S/C18H11ClF5N3O/c1-26-8-15(17(25-26)18(19,23)24)27(9-28)14-5-3-2-4-11(14)10-6-12(20)16(22)13(21)7-10/h2-9H,1H3. The Morgan fingerprint density at radius 1 is 1.11 bits per heavy atom. The number of para-hydroxylation sites is 1. The zero-order valence-electron chi connectivity index (χ0n) is 14.1. The van der Waals surface area contributed by atoms with Gasteiger partial charge in [0, 0.05) is 18.8 Å². The molecule has 0 saturated carbocycles. The second-order valence-electron chi connectivity index (χ2n) is 5.78. The van der Waals surface area contributed by atoms with Gasteiger partial charge in [-0.2, -0.15) is 13.9 Å². The zero-order valence-corrected chi connectivity index (χ0v) is 14.9. The topological polar surface area (TPSA) is 38.1 Å². The zero-order chi connectivity index (χ0) is 20.6. The molecule has 1 amide bonds. The third kappa shape index (κ3) is 3.57. The Kier molecular flexibility index (Phi) is 5.12. The summed E-state index contributed by atoms with van der Waals surface area (Å²) in [6.45, 7) is 0. The lowest BCUT2D eigenvalue weighted by Crippen LogP contribution is -2.19. The summed E-state index contributed by atoms with van der Waals surface area (Å²) in [4.78, 5) is 12.6. The van der Waals surface area contributed by atoms with Gasteiger partial charge in [0.2, 0.25) is 6.41 Å². The summed E-state index contributed by atoms with van der Waals surface area (Å²) in [7, 11) is 1.36. The van der Waals surface area contributed by atoms with Crippen molar-refractivity contribution in [1.82, 2.24) is 9.78 Å². The van der Waals surface area contributed by atoms with E-state index in [1.54, 1.807) is 0 Å². The summed E-state index contributed by atoms with van der Waals surface area (Å²) in [5, 5.41) is -0.291. The van der Waals surface area contributed by atoms with E-state index in [4.69, 9.17) is 11.6 Å². The van der Waals surface area contributed by atoms with Crippen molar-refractivity contribution >= 4 is 29.4 Å².